The summed E-state index contributed by atoms with van der Waals surface area (Å²) in [6.45, 7) is 4.17. The summed E-state index contributed by atoms with van der Waals surface area (Å²) in [5.41, 5.74) is 10.9. The van der Waals surface area contributed by atoms with Crippen molar-refractivity contribution in [2.75, 3.05) is 0 Å². The maximum absolute atomic E-state index is 6.31. The number of hydrogen-bond acceptors (Lipinski definition) is 2. The SMILES string of the molecule is Cc1cc(C)cc(C(N)c2c(Br)cnn2C)c1. The van der Waals surface area contributed by atoms with Gasteiger partial charge in [0.1, 0.15) is 0 Å². The second kappa shape index (κ2) is 4.63. The molecule has 1 heterocycles. The van der Waals surface area contributed by atoms with Gasteiger partial charge in [0.25, 0.3) is 0 Å². The van der Waals surface area contributed by atoms with Gasteiger partial charge in [-0.15, -0.1) is 0 Å². The molecule has 17 heavy (non-hydrogen) atoms. The lowest BCUT2D eigenvalue weighted by Gasteiger charge is -2.15. The van der Waals surface area contributed by atoms with Crippen molar-refractivity contribution < 1.29 is 0 Å². The lowest BCUT2D eigenvalue weighted by Crippen LogP contribution is -2.16. The van der Waals surface area contributed by atoms with Crippen LogP contribution in [0.15, 0.2) is 28.9 Å². The van der Waals surface area contributed by atoms with Crippen LogP contribution < -0.4 is 5.73 Å². The highest BCUT2D eigenvalue weighted by Crippen LogP contribution is 2.27. The van der Waals surface area contributed by atoms with E-state index in [0.29, 0.717) is 0 Å². The number of benzene rings is 1. The van der Waals surface area contributed by atoms with E-state index in [-0.39, 0.29) is 6.04 Å². The van der Waals surface area contributed by atoms with Gasteiger partial charge < -0.3 is 5.73 Å². The zero-order valence-corrected chi connectivity index (χ0v) is 11.8. The molecule has 0 saturated carbocycles. The maximum Gasteiger partial charge on any atom is 0.0735 e. The molecule has 1 aromatic heterocycles. The van der Waals surface area contributed by atoms with Crippen molar-refractivity contribution >= 4 is 15.9 Å². The molecule has 0 amide bonds. The molecule has 0 fully saturated rings. The lowest BCUT2D eigenvalue weighted by atomic mass is 10.00. The minimum atomic E-state index is -0.157. The number of aromatic nitrogens is 2. The van der Waals surface area contributed by atoms with Gasteiger partial charge in [-0.05, 0) is 35.3 Å². The highest BCUT2D eigenvalue weighted by Gasteiger charge is 2.17. The van der Waals surface area contributed by atoms with Crippen molar-refractivity contribution in [3.8, 4) is 0 Å². The second-order valence-corrected chi connectivity index (χ2v) is 5.25. The van der Waals surface area contributed by atoms with Crippen molar-refractivity contribution in [1.29, 1.82) is 0 Å². The fourth-order valence-electron chi connectivity index (χ4n) is 2.12. The normalized spacial score (nSPS) is 12.8. The molecule has 0 spiro atoms. The van der Waals surface area contributed by atoms with Crippen LogP contribution in [0.2, 0.25) is 0 Å². The van der Waals surface area contributed by atoms with Gasteiger partial charge >= 0.3 is 0 Å². The Morgan fingerprint density at radius 2 is 1.82 bits per heavy atom. The average Bonchev–Trinajstić information content (AvgIpc) is 2.56. The molecular formula is C13H16BrN3. The Balaban J connectivity index is 2.47. The number of halogens is 1. The monoisotopic (exact) mass is 293 g/mol. The number of aryl methyl sites for hydroxylation is 3. The summed E-state index contributed by atoms with van der Waals surface area (Å²) >= 11 is 3.49. The van der Waals surface area contributed by atoms with Crippen LogP contribution in [0.3, 0.4) is 0 Å². The molecule has 0 saturated heterocycles. The lowest BCUT2D eigenvalue weighted by molar-refractivity contribution is 0.671. The fraction of sp³-hybridized carbons (Fsp3) is 0.308. The first kappa shape index (κ1) is 12.3. The van der Waals surface area contributed by atoms with Crippen LogP contribution in [-0.4, -0.2) is 9.78 Å². The van der Waals surface area contributed by atoms with Gasteiger partial charge in [-0.3, -0.25) is 4.68 Å². The van der Waals surface area contributed by atoms with Gasteiger partial charge in [-0.1, -0.05) is 29.3 Å². The summed E-state index contributed by atoms with van der Waals surface area (Å²) in [6, 6.07) is 6.23. The second-order valence-electron chi connectivity index (χ2n) is 4.40. The molecule has 0 bridgehead atoms. The number of nitrogens with two attached hydrogens (primary N) is 1. The fourth-order valence-corrected chi connectivity index (χ4v) is 2.71. The first-order valence-corrected chi connectivity index (χ1v) is 6.29. The van der Waals surface area contributed by atoms with Crippen molar-refractivity contribution in [3.05, 3.63) is 51.3 Å². The smallest absolute Gasteiger partial charge is 0.0735 e. The molecule has 2 N–H and O–H groups in total. The third kappa shape index (κ3) is 2.42. The van der Waals surface area contributed by atoms with E-state index in [1.165, 1.54) is 11.1 Å². The van der Waals surface area contributed by atoms with Crippen LogP contribution in [0, 0.1) is 13.8 Å². The van der Waals surface area contributed by atoms with E-state index in [1.807, 2.05) is 11.7 Å². The molecule has 1 aromatic carbocycles. The summed E-state index contributed by atoms with van der Waals surface area (Å²) in [7, 11) is 1.91. The number of nitrogens with zero attached hydrogens (tertiary/aromatic N) is 2. The average molecular weight is 294 g/mol. The van der Waals surface area contributed by atoms with E-state index < -0.39 is 0 Å². The maximum atomic E-state index is 6.31. The minimum Gasteiger partial charge on any atom is -0.319 e. The van der Waals surface area contributed by atoms with Gasteiger partial charge in [0, 0.05) is 7.05 Å². The van der Waals surface area contributed by atoms with Gasteiger partial charge in [0.2, 0.25) is 0 Å². The Morgan fingerprint density at radius 3 is 2.29 bits per heavy atom. The standard InChI is InChI=1S/C13H16BrN3/c1-8-4-9(2)6-10(5-8)12(15)13-11(14)7-16-17(13)3/h4-7,12H,15H2,1-3H3. The van der Waals surface area contributed by atoms with E-state index >= 15 is 0 Å². The molecule has 0 aliphatic carbocycles. The predicted octanol–water partition coefficient (Wildman–Crippen LogP) is 2.85. The Morgan fingerprint density at radius 1 is 1.24 bits per heavy atom. The number of hydrogen-bond donors (Lipinski definition) is 1. The summed E-state index contributed by atoms with van der Waals surface area (Å²) < 4.78 is 2.76. The Hall–Kier alpha value is -1.13. The molecule has 3 nitrogen and oxygen atoms in total. The van der Waals surface area contributed by atoms with Crippen LogP contribution in [-0.2, 0) is 7.05 Å². The van der Waals surface area contributed by atoms with Crippen molar-refractivity contribution in [3.63, 3.8) is 0 Å². The summed E-state index contributed by atoms with van der Waals surface area (Å²) in [5.74, 6) is 0. The van der Waals surface area contributed by atoms with Crippen molar-refractivity contribution in [2.45, 2.75) is 19.9 Å². The molecule has 90 valence electrons. The van der Waals surface area contributed by atoms with Crippen LogP contribution in [0.1, 0.15) is 28.4 Å². The highest BCUT2D eigenvalue weighted by molar-refractivity contribution is 9.10. The molecule has 2 rings (SSSR count). The van der Waals surface area contributed by atoms with Crippen LogP contribution in [0.5, 0.6) is 0 Å². The van der Waals surface area contributed by atoms with E-state index in [0.717, 1.165) is 15.7 Å². The summed E-state index contributed by atoms with van der Waals surface area (Å²) in [5, 5.41) is 4.20. The molecule has 0 aliphatic heterocycles. The van der Waals surface area contributed by atoms with Gasteiger partial charge in [0.05, 0.1) is 22.4 Å². The summed E-state index contributed by atoms with van der Waals surface area (Å²) in [6.07, 6.45) is 1.78. The van der Waals surface area contributed by atoms with Gasteiger partial charge in [-0.25, -0.2) is 0 Å². The quantitative estimate of drug-likeness (QED) is 0.925. The first-order chi connectivity index (χ1) is 7.99. The molecule has 0 aliphatic rings. The largest absolute Gasteiger partial charge is 0.319 e. The first-order valence-electron chi connectivity index (χ1n) is 5.50. The zero-order chi connectivity index (χ0) is 12.6. The zero-order valence-electron chi connectivity index (χ0n) is 10.2. The van der Waals surface area contributed by atoms with Gasteiger partial charge in [-0.2, -0.15) is 5.10 Å². The number of rotatable bonds is 2. The topological polar surface area (TPSA) is 43.8 Å². The van der Waals surface area contributed by atoms with E-state index in [9.17, 15) is 0 Å². The van der Waals surface area contributed by atoms with E-state index in [2.05, 4.69) is 53.1 Å². The van der Waals surface area contributed by atoms with Crippen LogP contribution in [0.25, 0.3) is 0 Å². The minimum absolute atomic E-state index is 0.157. The van der Waals surface area contributed by atoms with Crippen molar-refractivity contribution in [1.82, 2.24) is 9.78 Å². The molecule has 4 heteroatoms. The third-order valence-corrected chi connectivity index (χ3v) is 3.45. The molecule has 1 unspecified atom stereocenters. The van der Waals surface area contributed by atoms with E-state index in [4.69, 9.17) is 5.73 Å². The molecule has 2 aromatic rings. The van der Waals surface area contributed by atoms with Gasteiger partial charge in [0.15, 0.2) is 0 Å². The third-order valence-electron chi connectivity index (χ3n) is 2.84. The summed E-state index contributed by atoms with van der Waals surface area (Å²) in [4.78, 5) is 0. The van der Waals surface area contributed by atoms with Crippen molar-refractivity contribution in [2.24, 2.45) is 12.8 Å². The van der Waals surface area contributed by atoms with Crippen LogP contribution in [0.4, 0.5) is 0 Å². The molecule has 1 atom stereocenters. The highest BCUT2D eigenvalue weighted by atomic mass is 79.9. The molecular weight excluding hydrogens is 278 g/mol. The molecule has 0 radical (unpaired) electrons. The Labute approximate surface area is 110 Å². The Bertz CT molecular complexity index is 506. The predicted molar refractivity (Wildman–Crippen MR) is 72.9 cm³/mol. The Kier molecular flexibility index (Phi) is 3.35. The van der Waals surface area contributed by atoms with Crippen LogP contribution >= 0.6 is 15.9 Å². The van der Waals surface area contributed by atoms with E-state index in [1.54, 1.807) is 6.20 Å².